The minimum absolute atomic E-state index is 0.0473. The molecule has 17 heavy (non-hydrogen) atoms. The second-order valence-electron chi connectivity index (χ2n) is 3.52. The molecular formula is C10H11N3O4. The van der Waals surface area contributed by atoms with Crippen LogP contribution in [0.2, 0.25) is 0 Å². The van der Waals surface area contributed by atoms with E-state index in [9.17, 15) is 9.59 Å². The lowest BCUT2D eigenvalue weighted by Crippen LogP contribution is -2.25. The van der Waals surface area contributed by atoms with Gasteiger partial charge < -0.3 is 26.2 Å². The van der Waals surface area contributed by atoms with Crippen LogP contribution in [0.5, 0.6) is 5.75 Å². The number of anilines is 3. The van der Waals surface area contributed by atoms with Crippen molar-refractivity contribution in [3.05, 3.63) is 12.1 Å². The summed E-state index contributed by atoms with van der Waals surface area (Å²) in [5.41, 5.74) is 7.00. The number of ether oxygens (including phenoxy) is 1. The van der Waals surface area contributed by atoms with E-state index >= 15 is 0 Å². The molecule has 1 aliphatic heterocycles. The van der Waals surface area contributed by atoms with E-state index in [1.165, 1.54) is 0 Å². The van der Waals surface area contributed by atoms with E-state index in [2.05, 4.69) is 10.6 Å². The molecular weight excluding hydrogens is 226 g/mol. The Hall–Kier alpha value is -2.44. The fourth-order valence-electron chi connectivity index (χ4n) is 1.47. The van der Waals surface area contributed by atoms with Gasteiger partial charge in [0.2, 0.25) is 0 Å². The maximum Gasteiger partial charge on any atom is 0.322 e. The van der Waals surface area contributed by atoms with Crippen molar-refractivity contribution >= 4 is 28.9 Å². The summed E-state index contributed by atoms with van der Waals surface area (Å²) in [4.78, 5) is 21.5. The summed E-state index contributed by atoms with van der Waals surface area (Å²) < 4.78 is 5.16. The summed E-state index contributed by atoms with van der Waals surface area (Å²) in [6.07, 6.45) is 0. The third-order valence-corrected chi connectivity index (χ3v) is 2.21. The van der Waals surface area contributed by atoms with Crippen LogP contribution in [0.25, 0.3) is 0 Å². The standard InChI is InChI=1S/C10H11N3O4/c11-5-1-8-7(13-9(14)4-17-8)2-6(5)12-3-10(15)16/h1-2,12H,3-4,11H2,(H,13,14)(H,15,16). The Morgan fingerprint density at radius 1 is 1.59 bits per heavy atom. The Balaban J connectivity index is 2.25. The van der Waals surface area contributed by atoms with Gasteiger partial charge in [0, 0.05) is 6.07 Å². The molecule has 0 saturated carbocycles. The molecule has 1 aliphatic rings. The highest BCUT2D eigenvalue weighted by molar-refractivity contribution is 5.97. The van der Waals surface area contributed by atoms with Gasteiger partial charge in [-0.2, -0.15) is 0 Å². The number of nitrogens with one attached hydrogen (secondary N) is 2. The van der Waals surface area contributed by atoms with Crippen LogP contribution in [0.3, 0.4) is 0 Å². The number of hydrogen-bond donors (Lipinski definition) is 4. The van der Waals surface area contributed by atoms with Gasteiger partial charge in [-0.25, -0.2) is 0 Å². The largest absolute Gasteiger partial charge is 0.482 e. The smallest absolute Gasteiger partial charge is 0.322 e. The highest BCUT2D eigenvalue weighted by Crippen LogP contribution is 2.34. The van der Waals surface area contributed by atoms with Crippen molar-refractivity contribution in [1.82, 2.24) is 0 Å². The number of benzene rings is 1. The number of carboxylic acid groups (broad SMARTS) is 1. The van der Waals surface area contributed by atoms with Gasteiger partial charge in [0.1, 0.15) is 12.3 Å². The molecule has 0 unspecified atom stereocenters. The molecule has 2 rings (SSSR count). The van der Waals surface area contributed by atoms with E-state index in [4.69, 9.17) is 15.6 Å². The van der Waals surface area contributed by atoms with Crippen LogP contribution in [-0.2, 0) is 9.59 Å². The molecule has 0 aliphatic carbocycles. The summed E-state index contributed by atoms with van der Waals surface area (Å²) in [5, 5.41) is 13.8. The number of fused-ring (bicyclic) bond motifs is 1. The van der Waals surface area contributed by atoms with Gasteiger partial charge in [-0.15, -0.1) is 0 Å². The lowest BCUT2D eigenvalue weighted by molar-refractivity contribution is -0.135. The second kappa shape index (κ2) is 4.20. The van der Waals surface area contributed by atoms with Gasteiger partial charge >= 0.3 is 5.97 Å². The van der Waals surface area contributed by atoms with Gasteiger partial charge in [0.05, 0.1) is 17.1 Å². The van der Waals surface area contributed by atoms with Crippen LogP contribution in [0, 0.1) is 0 Å². The lowest BCUT2D eigenvalue weighted by atomic mass is 10.2. The zero-order valence-electron chi connectivity index (χ0n) is 8.82. The quantitative estimate of drug-likeness (QED) is 0.554. The van der Waals surface area contributed by atoms with E-state index in [-0.39, 0.29) is 19.1 Å². The number of rotatable bonds is 3. The van der Waals surface area contributed by atoms with Gasteiger partial charge in [0.15, 0.2) is 6.61 Å². The molecule has 7 heteroatoms. The number of nitrogens with two attached hydrogens (primary N) is 1. The average molecular weight is 237 g/mol. The summed E-state index contributed by atoms with van der Waals surface area (Å²) in [6.45, 7) is -0.299. The van der Waals surface area contributed by atoms with Crippen molar-refractivity contribution in [2.45, 2.75) is 0 Å². The fourth-order valence-corrected chi connectivity index (χ4v) is 1.47. The predicted molar refractivity (Wildman–Crippen MR) is 61.1 cm³/mol. The Bertz CT molecular complexity index is 487. The molecule has 0 fully saturated rings. The molecule has 0 atom stereocenters. The molecule has 90 valence electrons. The van der Waals surface area contributed by atoms with Crippen LogP contribution in [0.15, 0.2) is 12.1 Å². The summed E-state index contributed by atoms with van der Waals surface area (Å²) >= 11 is 0. The topological polar surface area (TPSA) is 114 Å². The number of carbonyl (C=O) groups excluding carboxylic acids is 1. The molecule has 1 heterocycles. The Morgan fingerprint density at radius 3 is 3.06 bits per heavy atom. The molecule has 5 N–H and O–H groups in total. The summed E-state index contributed by atoms with van der Waals surface area (Å²) in [7, 11) is 0. The first kappa shape index (κ1) is 11.1. The highest BCUT2D eigenvalue weighted by atomic mass is 16.5. The maximum atomic E-state index is 11.1. The van der Waals surface area contributed by atoms with Crippen LogP contribution in [0.4, 0.5) is 17.1 Å². The van der Waals surface area contributed by atoms with Gasteiger partial charge in [0.25, 0.3) is 5.91 Å². The third kappa shape index (κ3) is 2.39. The van der Waals surface area contributed by atoms with Crippen molar-refractivity contribution in [2.24, 2.45) is 0 Å². The Morgan fingerprint density at radius 2 is 2.35 bits per heavy atom. The first-order chi connectivity index (χ1) is 8.06. The number of carboxylic acids is 1. The second-order valence-corrected chi connectivity index (χ2v) is 3.52. The van der Waals surface area contributed by atoms with Gasteiger partial charge in [-0.1, -0.05) is 0 Å². The van der Waals surface area contributed by atoms with E-state index in [0.717, 1.165) is 0 Å². The number of carbonyl (C=O) groups is 2. The number of amides is 1. The number of aliphatic carboxylic acids is 1. The Labute approximate surface area is 96.6 Å². The number of hydrogen-bond acceptors (Lipinski definition) is 5. The van der Waals surface area contributed by atoms with E-state index in [0.29, 0.717) is 22.8 Å². The van der Waals surface area contributed by atoms with E-state index in [1.54, 1.807) is 12.1 Å². The van der Waals surface area contributed by atoms with Crippen molar-refractivity contribution in [1.29, 1.82) is 0 Å². The molecule has 0 spiro atoms. The molecule has 7 nitrogen and oxygen atoms in total. The van der Waals surface area contributed by atoms with Crippen molar-refractivity contribution in [2.75, 3.05) is 29.5 Å². The molecule has 0 saturated heterocycles. The molecule has 0 aromatic heterocycles. The molecule has 0 bridgehead atoms. The highest BCUT2D eigenvalue weighted by Gasteiger charge is 2.17. The lowest BCUT2D eigenvalue weighted by Gasteiger charge is -2.20. The van der Waals surface area contributed by atoms with Crippen LogP contribution in [-0.4, -0.2) is 30.1 Å². The van der Waals surface area contributed by atoms with Crippen molar-refractivity contribution < 1.29 is 19.4 Å². The van der Waals surface area contributed by atoms with Crippen molar-refractivity contribution in [3.8, 4) is 5.75 Å². The zero-order valence-corrected chi connectivity index (χ0v) is 8.82. The zero-order chi connectivity index (χ0) is 12.4. The molecule has 1 amide bonds. The van der Waals surface area contributed by atoms with Crippen LogP contribution in [0.1, 0.15) is 0 Å². The van der Waals surface area contributed by atoms with Crippen LogP contribution < -0.4 is 21.1 Å². The van der Waals surface area contributed by atoms with Gasteiger partial charge in [-0.3, -0.25) is 9.59 Å². The molecule has 0 radical (unpaired) electrons. The Kier molecular flexibility index (Phi) is 2.73. The minimum atomic E-state index is -0.998. The maximum absolute atomic E-state index is 11.1. The molecule has 1 aromatic rings. The first-order valence-corrected chi connectivity index (χ1v) is 4.88. The fraction of sp³-hybridized carbons (Fsp3) is 0.200. The molecule has 1 aromatic carbocycles. The SMILES string of the molecule is Nc1cc2c(cc1NCC(=O)O)NC(=O)CO2. The monoisotopic (exact) mass is 237 g/mol. The van der Waals surface area contributed by atoms with Crippen LogP contribution >= 0.6 is 0 Å². The van der Waals surface area contributed by atoms with E-state index < -0.39 is 5.97 Å². The normalized spacial score (nSPS) is 13.3. The average Bonchev–Trinajstić information content (AvgIpc) is 2.26. The number of nitrogen functional groups attached to an aromatic ring is 1. The minimum Gasteiger partial charge on any atom is -0.482 e. The van der Waals surface area contributed by atoms with Crippen molar-refractivity contribution in [3.63, 3.8) is 0 Å². The first-order valence-electron chi connectivity index (χ1n) is 4.88. The predicted octanol–water partition coefficient (Wildman–Crippen LogP) is 0.0962. The van der Waals surface area contributed by atoms with Gasteiger partial charge in [-0.05, 0) is 6.07 Å². The third-order valence-electron chi connectivity index (χ3n) is 2.21. The summed E-state index contributed by atoms with van der Waals surface area (Å²) in [6, 6.07) is 3.09. The van der Waals surface area contributed by atoms with E-state index in [1.807, 2.05) is 0 Å². The summed E-state index contributed by atoms with van der Waals surface area (Å²) in [5.74, 6) is -0.781.